The van der Waals surface area contributed by atoms with Crippen LogP contribution in [0.15, 0.2) is 23.0 Å². The van der Waals surface area contributed by atoms with Crippen molar-refractivity contribution in [1.29, 1.82) is 0 Å². The second-order valence-corrected chi connectivity index (χ2v) is 12.6. The van der Waals surface area contributed by atoms with Gasteiger partial charge >= 0.3 is 11.7 Å². The van der Waals surface area contributed by atoms with Crippen molar-refractivity contribution in [2.24, 2.45) is 7.05 Å². The lowest BCUT2D eigenvalue weighted by atomic mass is 9.87. The Labute approximate surface area is 235 Å². The molecule has 2 aromatic rings. The number of carbonyl (C=O) groups excluding carboxylic acids is 3. The number of benzene rings is 1. The van der Waals surface area contributed by atoms with Gasteiger partial charge < -0.3 is 14.5 Å². The highest BCUT2D eigenvalue weighted by Gasteiger charge is 2.32. The van der Waals surface area contributed by atoms with Crippen LogP contribution in [0, 0.1) is 0 Å². The highest BCUT2D eigenvalue weighted by molar-refractivity contribution is 6.00. The zero-order valence-corrected chi connectivity index (χ0v) is 24.3. The first kappa shape index (κ1) is 28.5. The molecular weight excluding hydrogens is 510 g/mol. The molecule has 0 saturated carbocycles. The van der Waals surface area contributed by atoms with Crippen LogP contribution in [0.4, 0.5) is 0 Å². The number of aromatic nitrogens is 2. The summed E-state index contributed by atoms with van der Waals surface area (Å²) in [7, 11) is 1.75. The van der Waals surface area contributed by atoms with E-state index in [0.717, 1.165) is 69.4 Å². The van der Waals surface area contributed by atoms with Crippen molar-refractivity contribution in [2.45, 2.75) is 89.3 Å². The number of carbonyl (C=O) groups is 3. The van der Waals surface area contributed by atoms with Crippen LogP contribution in [-0.4, -0.2) is 81.1 Å². The Hall–Kier alpha value is -2.98. The highest BCUT2D eigenvalue weighted by Crippen LogP contribution is 2.33. The molecule has 3 fully saturated rings. The van der Waals surface area contributed by atoms with Gasteiger partial charge in [0.1, 0.15) is 11.6 Å². The number of hydrogen-bond donors (Lipinski definition) is 1. The molecular formula is C30H43N5O5. The molecule has 0 bridgehead atoms. The Morgan fingerprint density at radius 2 is 1.68 bits per heavy atom. The van der Waals surface area contributed by atoms with Gasteiger partial charge in [-0.2, -0.15) is 0 Å². The summed E-state index contributed by atoms with van der Waals surface area (Å²) in [4.78, 5) is 54.3. The van der Waals surface area contributed by atoms with Gasteiger partial charge in [-0.15, -0.1) is 0 Å². The van der Waals surface area contributed by atoms with E-state index in [-0.39, 0.29) is 24.0 Å². The quantitative estimate of drug-likeness (QED) is 0.433. The number of ether oxygens (including phenoxy) is 1. The van der Waals surface area contributed by atoms with Crippen molar-refractivity contribution in [3.05, 3.63) is 34.2 Å². The lowest BCUT2D eigenvalue weighted by Crippen LogP contribution is -2.47. The molecule has 0 spiro atoms. The summed E-state index contributed by atoms with van der Waals surface area (Å²) in [5.41, 5.74) is 2.14. The molecule has 218 valence electrons. The van der Waals surface area contributed by atoms with Gasteiger partial charge in [0.15, 0.2) is 0 Å². The first-order valence-corrected chi connectivity index (χ1v) is 14.7. The molecule has 10 heteroatoms. The van der Waals surface area contributed by atoms with Gasteiger partial charge in [-0.25, -0.2) is 4.79 Å². The number of likely N-dealkylation sites (tertiary alicyclic amines) is 2. The molecule has 10 nitrogen and oxygen atoms in total. The van der Waals surface area contributed by atoms with Gasteiger partial charge in [-0.3, -0.25) is 28.8 Å². The predicted octanol–water partition coefficient (Wildman–Crippen LogP) is 2.69. The number of fused-ring (bicyclic) bond motifs is 1. The molecule has 1 atom stereocenters. The third kappa shape index (κ3) is 6.17. The van der Waals surface area contributed by atoms with E-state index in [1.54, 1.807) is 16.2 Å². The number of hydrogen-bond acceptors (Lipinski definition) is 7. The maximum atomic E-state index is 13.1. The van der Waals surface area contributed by atoms with E-state index in [1.807, 2.05) is 26.8 Å². The average molecular weight is 554 g/mol. The molecule has 3 aliphatic rings. The molecule has 0 radical (unpaired) electrons. The number of amides is 2. The molecule has 1 unspecified atom stereocenters. The summed E-state index contributed by atoms with van der Waals surface area (Å²) in [5.74, 6) is -0.380. The maximum absolute atomic E-state index is 13.1. The number of imidazole rings is 1. The normalized spacial score (nSPS) is 22.6. The summed E-state index contributed by atoms with van der Waals surface area (Å²) >= 11 is 0. The minimum Gasteiger partial charge on any atom is -0.460 e. The van der Waals surface area contributed by atoms with Crippen LogP contribution < -0.4 is 11.0 Å². The zero-order valence-electron chi connectivity index (χ0n) is 24.3. The number of esters is 1. The van der Waals surface area contributed by atoms with E-state index >= 15 is 0 Å². The van der Waals surface area contributed by atoms with Crippen molar-refractivity contribution >= 4 is 28.8 Å². The second-order valence-electron chi connectivity index (χ2n) is 12.6. The van der Waals surface area contributed by atoms with Crippen molar-refractivity contribution in [3.63, 3.8) is 0 Å². The largest absolute Gasteiger partial charge is 0.460 e. The third-order valence-electron chi connectivity index (χ3n) is 8.76. The van der Waals surface area contributed by atoms with Gasteiger partial charge in [0.2, 0.25) is 11.8 Å². The number of nitrogens with zero attached hydrogens (tertiary/aromatic N) is 4. The van der Waals surface area contributed by atoms with Gasteiger partial charge in [0.25, 0.3) is 0 Å². The van der Waals surface area contributed by atoms with Crippen LogP contribution in [0.25, 0.3) is 11.0 Å². The van der Waals surface area contributed by atoms with E-state index in [2.05, 4.69) is 27.2 Å². The average Bonchev–Trinajstić information content (AvgIpc) is 3.16. The van der Waals surface area contributed by atoms with Crippen LogP contribution in [0.1, 0.15) is 83.2 Å². The van der Waals surface area contributed by atoms with Crippen molar-refractivity contribution in [2.75, 3.05) is 32.7 Å². The first-order chi connectivity index (χ1) is 19.0. The van der Waals surface area contributed by atoms with Gasteiger partial charge in [0, 0.05) is 26.1 Å². The number of piperidine rings is 3. The highest BCUT2D eigenvalue weighted by atomic mass is 16.6. The number of aryl methyl sites for hydroxylation is 1. The number of rotatable bonds is 6. The molecule has 1 N–H and O–H groups in total. The van der Waals surface area contributed by atoms with E-state index in [0.29, 0.717) is 24.8 Å². The molecule has 40 heavy (non-hydrogen) atoms. The second kappa shape index (κ2) is 11.5. The summed E-state index contributed by atoms with van der Waals surface area (Å²) < 4.78 is 8.61. The van der Waals surface area contributed by atoms with Gasteiger partial charge in [-0.05, 0) is 103 Å². The zero-order chi connectivity index (χ0) is 28.6. The predicted molar refractivity (Wildman–Crippen MR) is 152 cm³/mol. The molecule has 0 aliphatic carbocycles. The first-order valence-electron chi connectivity index (χ1n) is 14.7. The molecule has 1 aromatic heterocycles. The Morgan fingerprint density at radius 1 is 0.975 bits per heavy atom. The minimum absolute atomic E-state index is 0.123. The summed E-state index contributed by atoms with van der Waals surface area (Å²) in [5, 5.41) is 2.37. The fourth-order valence-electron chi connectivity index (χ4n) is 6.61. The van der Waals surface area contributed by atoms with E-state index in [4.69, 9.17) is 4.74 Å². The molecule has 3 aliphatic heterocycles. The lowest BCUT2D eigenvalue weighted by Gasteiger charge is -2.42. The smallest absolute Gasteiger partial charge is 0.329 e. The third-order valence-corrected chi connectivity index (χ3v) is 8.76. The monoisotopic (exact) mass is 553 g/mol. The Kier molecular flexibility index (Phi) is 8.20. The SMILES string of the molecule is Cn1c(=O)n(C2CCC(=O)NC2=O)c2ccc(C3CCN(C4CCN(CCC(=O)OC(C)(C)C)CC4)CC3)cc21. The molecule has 4 heterocycles. The van der Waals surface area contributed by atoms with Crippen molar-refractivity contribution in [1.82, 2.24) is 24.3 Å². The summed E-state index contributed by atoms with van der Waals surface area (Å²) in [6, 6.07) is 6.11. The fraction of sp³-hybridized carbons (Fsp3) is 0.667. The lowest BCUT2D eigenvalue weighted by molar-refractivity contribution is -0.155. The summed E-state index contributed by atoms with van der Waals surface area (Å²) in [6.45, 7) is 10.6. The molecule has 5 rings (SSSR count). The molecule has 3 saturated heterocycles. The topological polar surface area (TPSA) is 106 Å². The van der Waals surface area contributed by atoms with Gasteiger partial charge in [-0.1, -0.05) is 6.07 Å². The van der Waals surface area contributed by atoms with Crippen molar-refractivity contribution < 1.29 is 19.1 Å². The maximum Gasteiger partial charge on any atom is 0.329 e. The van der Waals surface area contributed by atoms with Gasteiger partial charge in [0.05, 0.1) is 17.5 Å². The minimum atomic E-state index is -0.660. The fourth-order valence-corrected chi connectivity index (χ4v) is 6.61. The standard InChI is InChI=1S/C30H43N5O5/c1-30(2,3)40-27(37)13-16-33-14-11-22(12-15-33)34-17-9-20(10-18-34)21-5-6-23-25(19-21)32(4)29(39)35(23)24-7-8-26(36)31-28(24)38/h5-6,19-20,22,24H,7-18H2,1-4H3,(H,31,36,38). The Balaban J connectivity index is 1.16. The summed E-state index contributed by atoms with van der Waals surface area (Å²) in [6.07, 6.45) is 5.42. The van der Waals surface area contributed by atoms with E-state index < -0.39 is 17.6 Å². The van der Waals surface area contributed by atoms with E-state index in [9.17, 15) is 19.2 Å². The van der Waals surface area contributed by atoms with Crippen LogP contribution in [-0.2, 0) is 26.2 Å². The molecule has 1 aromatic carbocycles. The van der Waals surface area contributed by atoms with Crippen LogP contribution in [0.2, 0.25) is 0 Å². The van der Waals surface area contributed by atoms with Crippen LogP contribution in [0.3, 0.4) is 0 Å². The number of nitrogens with one attached hydrogen (secondary N) is 1. The number of imide groups is 1. The van der Waals surface area contributed by atoms with Crippen LogP contribution in [0.5, 0.6) is 0 Å². The Morgan fingerprint density at radius 3 is 2.33 bits per heavy atom. The molecule has 2 amide bonds. The van der Waals surface area contributed by atoms with Crippen molar-refractivity contribution in [3.8, 4) is 0 Å². The Bertz CT molecular complexity index is 1320. The van der Waals surface area contributed by atoms with Crippen LogP contribution >= 0.6 is 0 Å². The van der Waals surface area contributed by atoms with E-state index in [1.165, 1.54) is 5.56 Å².